The van der Waals surface area contributed by atoms with Crippen LogP contribution >= 0.6 is 0 Å². The molecule has 0 aromatic carbocycles. The minimum Gasteiger partial charge on any atom is -0.492 e. The van der Waals surface area contributed by atoms with Crippen LogP contribution in [0, 0.1) is 0 Å². The Kier molecular flexibility index (Phi) is 6.49. The highest BCUT2D eigenvalue weighted by atomic mass is 16.6. The summed E-state index contributed by atoms with van der Waals surface area (Å²) in [6.45, 7) is 6.03. The highest BCUT2D eigenvalue weighted by Gasteiger charge is 2.32. The maximum Gasteiger partial charge on any atom is 0.324 e. The highest BCUT2D eigenvalue weighted by Crippen LogP contribution is 2.22. The molecule has 0 radical (unpaired) electrons. The van der Waals surface area contributed by atoms with Gasteiger partial charge in [0.1, 0.15) is 5.75 Å². The van der Waals surface area contributed by atoms with Crippen LogP contribution in [0.15, 0.2) is 18.5 Å². The van der Waals surface area contributed by atoms with E-state index in [1.54, 1.807) is 19.9 Å². The fraction of sp³-hybridized carbons (Fsp3) is 0.500. The van der Waals surface area contributed by atoms with Gasteiger partial charge in [-0.15, -0.1) is 0 Å². The number of carbonyl (C=O) groups is 2. The summed E-state index contributed by atoms with van der Waals surface area (Å²) in [5, 5.41) is 0. The third kappa shape index (κ3) is 4.22. The van der Waals surface area contributed by atoms with Gasteiger partial charge in [0.2, 0.25) is 0 Å². The predicted molar refractivity (Wildman–Crippen MR) is 71.4 cm³/mol. The van der Waals surface area contributed by atoms with E-state index in [0.29, 0.717) is 17.9 Å². The molecule has 20 heavy (non-hydrogen) atoms. The number of hydrogen-bond donors (Lipinski definition) is 0. The topological polar surface area (TPSA) is 74.7 Å². The van der Waals surface area contributed by atoms with E-state index >= 15 is 0 Å². The second kappa shape index (κ2) is 8.14. The standard InChI is InChI=1S/C14H19NO5/c1-4-18-11-7-10(8-15-9-11)12(13(16)19-5-2)14(17)20-6-3/h7-9,12H,4-6H2,1-3H3. The fourth-order valence-corrected chi connectivity index (χ4v) is 1.66. The smallest absolute Gasteiger partial charge is 0.324 e. The normalized spacial score (nSPS) is 10.2. The number of carbonyl (C=O) groups excluding carboxylic acids is 2. The third-order valence-electron chi connectivity index (χ3n) is 2.42. The van der Waals surface area contributed by atoms with E-state index in [-0.39, 0.29) is 13.2 Å². The molecule has 0 spiro atoms. The Hall–Kier alpha value is -2.11. The Balaban J connectivity index is 3.05. The largest absolute Gasteiger partial charge is 0.492 e. The molecule has 6 heteroatoms. The van der Waals surface area contributed by atoms with Crippen molar-refractivity contribution in [2.24, 2.45) is 0 Å². The maximum absolute atomic E-state index is 11.9. The molecule has 0 atom stereocenters. The summed E-state index contributed by atoms with van der Waals surface area (Å²) in [5.74, 6) is -1.95. The van der Waals surface area contributed by atoms with Crippen LogP contribution in [0.1, 0.15) is 32.3 Å². The third-order valence-corrected chi connectivity index (χ3v) is 2.42. The van der Waals surface area contributed by atoms with Crippen molar-refractivity contribution in [3.8, 4) is 5.75 Å². The Morgan fingerprint density at radius 3 is 2.15 bits per heavy atom. The van der Waals surface area contributed by atoms with Gasteiger partial charge in [0.15, 0.2) is 5.92 Å². The fourth-order valence-electron chi connectivity index (χ4n) is 1.66. The van der Waals surface area contributed by atoms with Crippen LogP contribution in [0.3, 0.4) is 0 Å². The molecular weight excluding hydrogens is 262 g/mol. The number of rotatable bonds is 7. The van der Waals surface area contributed by atoms with Crippen molar-refractivity contribution in [3.05, 3.63) is 24.0 Å². The molecule has 0 aliphatic rings. The molecule has 1 heterocycles. The highest BCUT2D eigenvalue weighted by molar-refractivity contribution is 6.00. The van der Waals surface area contributed by atoms with Crippen molar-refractivity contribution in [3.63, 3.8) is 0 Å². The van der Waals surface area contributed by atoms with Gasteiger partial charge in [-0.1, -0.05) is 0 Å². The first kappa shape index (κ1) is 15.9. The Labute approximate surface area is 118 Å². The number of esters is 2. The first-order valence-corrected chi connectivity index (χ1v) is 6.55. The zero-order valence-electron chi connectivity index (χ0n) is 11.9. The quantitative estimate of drug-likeness (QED) is 0.559. The SMILES string of the molecule is CCOC(=O)C(C(=O)OCC)c1cncc(OCC)c1. The number of nitrogens with zero attached hydrogens (tertiary/aromatic N) is 1. The molecule has 0 aliphatic carbocycles. The Morgan fingerprint density at radius 1 is 1.05 bits per heavy atom. The van der Waals surface area contributed by atoms with Gasteiger partial charge in [0.25, 0.3) is 0 Å². The van der Waals surface area contributed by atoms with Crippen LogP contribution in [0.4, 0.5) is 0 Å². The summed E-state index contributed by atoms with van der Waals surface area (Å²) in [4.78, 5) is 27.8. The van der Waals surface area contributed by atoms with E-state index in [1.807, 2.05) is 6.92 Å². The molecular formula is C14H19NO5. The van der Waals surface area contributed by atoms with Crippen molar-refractivity contribution in [2.45, 2.75) is 26.7 Å². The number of hydrogen-bond acceptors (Lipinski definition) is 6. The van der Waals surface area contributed by atoms with E-state index in [4.69, 9.17) is 14.2 Å². The van der Waals surface area contributed by atoms with E-state index in [1.165, 1.54) is 12.4 Å². The van der Waals surface area contributed by atoms with Crippen LogP contribution in [0.5, 0.6) is 5.75 Å². The molecule has 0 fully saturated rings. The Morgan fingerprint density at radius 2 is 1.65 bits per heavy atom. The van der Waals surface area contributed by atoms with E-state index < -0.39 is 17.9 Å². The minimum atomic E-state index is -1.14. The van der Waals surface area contributed by atoms with Gasteiger partial charge >= 0.3 is 11.9 Å². The average Bonchev–Trinajstić information content (AvgIpc) is 2.40. The van der Waals surface area contributed by atoms with E-state index in [9.17, 15) is 9.59 Å². The van der Waals surface area contributed by atoms with Gasteiger partial charge in [-0.05, 0) is 32.4 Å². The minimum absolute atomic E-state index is 0.188. The lowest BCUT2D eigenvalue weighted by molar-refractivity contribution is -0.156. The van der Waals surface area contributed by atoms with E-state index in [2.05, 4.69) is 4.98 Å². The van der Waals surface area contributed by atoms with Crippen molar-refractivity contribution < 1.29 is 23.8 Å². The van der Waals surface area contributed by atoms with Gasteiger partial charge in [-0.2, -0.15) is 0 Å². The molecule has 6 nitrogen and oxygen atoms in total. The molecule has 0 saturated heterocycles. The summed E-state index contributed by atoms with van der Waals surface area (Å²) >= 11 is 0. The van der Waals surface area contributed by atoms with E-state index in [0.717, 1.165) is 0 Å². The predicted octanol–water partition coefficient (Wildman–Crippen LogP) is 1.69. The molecule has 110 valence electrons. The summed E-state index contributed by atoms with van der Waals surface area (Å²) < 4.78 is 15.1. The number of aromatic nitrogens is 1. The summed E-state index contributed by atoms with van der Waals surface area (Å²) in [6, 6.07) is 1.59. The summed E-state index contributed by atoms with van der Waals surface area (Å²) in [6.07, 6.45) is 2.95. The first-order chi connectivity index (χ1) is 9.63. The van der Waals surface area contributed by atoms with Crippen LogP contribution in [-0.2, 0) is 19.1 Å². The molecule has 0 N–H and O–H groups in total. The van der Waals surface area contributed by atoms with Crippen LogP contribution in [0.25, 0.3) is 0 Å². The van der Waals surface area contributed by atoms with Crippen molar-refractivity contribution in [1.29, 1.82) is 0 Å². The van der Waals surface area contributed by atoms with Gasteiger partial charge in [0.05, 0.1) is 26.0 Å². The van der Waals surface area contributed by atoms with Gasteiger partial charge in [-0.3, -0.25) is 14.6 Å². The second-order valence-corrected chi connectivity index (χ2v) is 3.82. The average molecular weight is 281 g/mol. The molecule has 0 saturated carbocycles. The second-order valence-electron chi connectivity index (χ2n) is 3.82. The van der Waals surface area contributed by atoms with Gasteiger partial charge in [-0.25, -0.2) is 0 Å². The van der Waals surface area contributed by atoms with Crippen molar-refractivity contribution in [2.75, 3.05) is 19.8 Å². The molecule has 1 aromatic heterocycles. The lowest BCUT2D eigenvalue weighted by atomic mass is 10.0. The summed E-state index contributed by atoms with van der Waals surface area (Å²) in [5.41, 5.74) is 0.396. The molecule has 0 aliphatic heterocycles. The molecule has 0 unspecified atom stereocenters. The monoisotopic (exact) mass is 281 g/mol. The molecule has 1 aromatic rings. The van der Waals surface area contributed by atoms with Crippen LogP contribution in [-0.4, -0.2) is 36.7 Å². The Bertz CT molecular complexity index is 443. The van der Waals surface area contributed by atoms with Crippen molar-refractivity contribution >= 4 is 11.9 Å². The number of pyridine rings is 1. The summed E-state index contributed by atoms with van der Waals surface area (Å²) in [7, 11) is 0. The van der Waals surface area contributed by atoms with Gasteiger partial charge in [0, 0.05) is 6.20 Å². The zero-order valence-corrected chi connectivity index (χ0v) is 11.9. The van der Waals surface area contributed by atoms with Gasteiger partial charge < -0.3 is 14.2 Å². The zero-order chi connectivity index (χ0) is 15.0. The van der Waals surface area contributed by atoms with Crippen LogP contribution < -0.4 is 4.74 Å². The molecule has 0 bridgehead atoms. The molecule has 1 rings (SSSR count). The molecule has 0 amide bonds. The first-order valence-electron chi connectivity index (χ1n) is 6.55. The lowest BCUT2D eigenvalue weighted by Gasteiger charge is -2.15. The van der Waals surface area contributed by atoms with Crippen molar-refractivity contribution in [1.82, 2.24) is 4.98 Å². The number of ether oxygens (including phenoxy) is 3. The lowest BCUT2D eigenvalue weighted by Crippen LogP contribution is -2.26. The maximum atomic E-state index is 11.9. The van der Waals surface area contributed by atoms with Crippen LogP contribution in [0.2, 0.25) is 0 Å².